The summed E-state index contributed by atoms with van der Waals surface area (Å²) in [5.74, 6) is -2.45. The summed E-state index contributed by atoms with van der Waals surface area (Å²) in [7, 11) is 0. The minimum atomic E-state index is -0.858. The lowest BCUT2D eigenvalue weighted by Gasteiger charge is -2.15. The second kappa shape index (κ2) is 8.01. The molecule has 0 fully saturated rings. The topological polar surface area (TPSA) is 78.0 Å². The number of benzene rings is 1. The van der Waals surface area contributed by atoms with Crippen molar-refractivity contribution in [2.75, 3.05) is 6.54 Å². The minimum Gasteiger partial charge on any atom is -0.481 e. The van der Waals surface area contributed by atoms with Gasteiger partial charge in [0.2, 0.25) is 0 Å². The largest absolute Gasteiger partial charge is 0.481 e. The van der Waals surface area contributed by atoms with Crippen LogP contribution in [0.1, 0.15) is 25.8 Å². The summed E-state index contributed by atoms with van der Waals surface area (Å²) in [4.78, 5) is 11.2. The van der Waals surface area contributed by atoms with Crippen molar-refractivity contribution in [3.05, 3.63) is 41.6 Å². The maximum absolute atomic E-state index is 13.9. The summed E-state index contributed by atoms with van der Waals surface area (Å²) in [6, 6.07) is 3.66. The number of halogens is 2. The predicted molar refractivity (Wildman–Crippen MR) is 86.2 cm³/mol. The van der Waals surface area contributed by atoms with Crippen LogP contribution in [0.3, 0.4) is 0 Å². The number of H-pyrrole nitrogens is 1. The van der Waals surface area contributed by atoms with E-state index in [2.05, 4.69) is 15.5 Å². The van der Waals surface area contributed by atoms with E-state index in [1.54, 1.807) is 0 Å². The first-order valence-corrected chi connectivity index (χ1v) is 7.80. The Hall–Kier alpha value is -2.28. The molecule has 5 nitrogen and oxygen atoms in total. The van der Waals surface area contributed by atoms with Crippen molar-refractivity contribution < 1.29 is 18.7 Å². The summed E-state index contributed by atoms with van der Waals surface area (Å²) in [5.41, 5.74) is 0.672. The zero-order valence-electron chi connectivity index (χ0n) is 13.6. The van der Waals surface area contributed by atoms with Gasteiger partial charge in [-0.15, -0.1) is 0 Å². The average molecular weight is 337 g/mol. The van der Waals surface area contributed by atoms with Gasteiger partial charge in [-0.1, -0.05) is 19.9 Å². The molecule has 0 aliphatic carbocycles. The number of nitrogens with zero attached hydrogens (tertiary/aromatic N) is 1. The second-order valence-electron chi connectivity index (χ2n) is 6.16. The Morgan fingerprint density at radius 2 is 2.00 bits per heavy atom. The molecule has 24 heavy (non-hydrogen) atoms. The highest BCUT2D eigenvalue weighted by Gasteiger charge is 2.20. The number of aromatic amines is 1. The lowest BCUT2D eigenvalue weighted by Crippen LogP contribution is -2.29. The molecule has 0 radical (unpaired) electrons. The Labute approximate surface area is 139 Å². The van der Waals surface area contributed by atoms with E-state index in [4.69, 9.17) is 0 Å². The number of carboxylic acids is 1. The lowest BCUT2D eigenvalue weighted by molar-refractivity contribution is -0.142. The summed E-state index contributed by atoms with van der Waals surface area (Å²) in [6.45, 7) is 4.47. The smallest absolute Gasteiger partial charge is 0.307 e. The van der Waals surface area contributed by atoms with Crippen molar-refractivity contribution in [1.82, 2.24) is 15.5 Å². The molecule has 1 aromatic carbocycles. The van der Waals surface area contributed by atoms with Gasteiger partial charge in [-0.2, -0.15) is 5.10 Å². The van der Waals surface area contributed by atoms with E-state index in [0.29, 0.717) is 12.0 Å². The zero-order valence-corrected chi connectivity index (χ0v) is 13.6. The Morgan fingerprint density at radius 1 is 1.33 bits per heavy atom. The molecule has 1 heterocycles. The normalized spacial score (nSPS) is 12.5. The maximum atomic E-state index is 13.9. The van der Waals surface area contributed by atoms with Crippen molar-refractivity contribution in [3.8, 4) is 11.3 Å². The SMILES string of the molecule is CC(C)CC(CNCc1cn[nH]c1-c1c(F)cccc1F)C(=O)O. The second-order valence-corrected chi connectivity index (χ2v) is 6.16. The van der Waals surface area contributed by atoms with Gasteiger partial charge in [-0.3, -0.25) is 9.89 Å². The van der Waals surface area contributed by atoms with Crippen molar-refractivity contribution in [2.24, 2.45) is 11.8 Å². The molecule has 1 unspecified atom stereocenters. The van der Waals surface area contributed by atoms with Gasteiger partial charge in [0.25, 0.3) is 0 Å². The molecule has 0 aliphatic rings. The number of nitrogens with one attached hydrogen (secondary N) is 2. The highest BCUT2D eigenvalue weighted by atomic mass is 19.1. The van der Waals surface area contributed by atoms with Gasteiger partial charge in [0.05, 0.1) is 23.4 Å². The molecule has 0 spiro atoms. The molecule has 130 valence electrons. The number of aromatic nitrogens is 2. The van der Waals surface area contributed by atoms with Crippen LogP contribution in [-0.2, 0) is 11.3 Å². The van der Waals surface area contributed by atoms with Crippen LogP contribution in [0.5, 0.6) is 0 Å². The first kappa shape index (κ1) is 18.1. The van der Waals surface area contributed by atoms with Crippen LogP contribution in [0.15, 0.2) is 24.4 Å². The van der Waals surface area contributed by atoms with E-state index < -0.39 is 23.5 Å². The molecule has 7 heteroatoms. The molecular formula is C17H21F2N3O2. The van der Waals surface area contributed by atoms with Crippen LogP contribution >= 0.6 is 0 Å². The van der Waals surface area contributed by atoms with Crippen LogP contribution in [0.2, 0.25) is 0 Å². The third kappa shape index (κ3) is 4.38. The van der Waals surface area contributed by atoms with E-state index in [1.807, 2.05) is 13.8 Å². The first-order chi connectivity index (χ1) is 11.4. The minimum absolute atomic E-state index is 0.163. The van der Waals surface area contributed by atoms with Gasteiger partial charge in [-0.05, 0) is 24.5 Å². The van der Waals surface area contributed by atoms with Gasteiger partial charge < -0.3 is 10.4 Å². The predicted octanol–water partition coefficient (Wildman–Crippen LogP) is 3.19. The maximum Gasteiger partial charge on any atom is 0.307 e. The third-order valence-corrected chi connectivity index (χ3v) is 3.74. The molecule has 2 aromatic rings. The van der Waals surface area contributed by atoms with Gasteiger partial charge in [0.1, 0.15) is 11.6 Å². The summed E-state index contributed by atoms with van der Waals surface area (Å²) in [6.07, 6.45) is 2.04. The Balaban J connectivity index is 2.08. The standard InChI is InChI=1S/C17H21F2N3O2/c1-10(2)6-11(17(23)24)7-20-8-12-9-21-22-16(12)15-13(18)4-3-5-14(15)19/h3-5,9-11,20H,6-8H2,1-2H3,(H,21,22)(H,23,24). The van der Waals surface area contributed by atoms with Crippen molar-refractivity contribution >= 4 is 5.97 Å². The van der Waals surface area contributed by atoms with Gasteiger partial charge in [-0.25, -0.2) is 8.78 Å². The number of rotatable bonds is 8. The van der Waals surface area contributed by atoms with E-state index in [0.717, 1.165) is 0 Å². The third-order valence-electron chi connectivity index (χ3n) is 3.74. The van der Waals surface area contributed by atoms with E-state index in [1.165, 1.54) is 24.4 Å². The fourth-order valence-corrected chi connectivity index (χ4v) is 2.62. The summed E-state index contributed by atoms with van der Waals surface area (Å²) < 4.78 is 27.8. The van der Waals surface area contributed by atoms with E-state index in [9.17, 15) is 18.7 Å². The Morgan fingerprint density at radius 3 is 2.58 bits per heavy atom. The van der Waals surface area contributed by atoms with Crippen molar-refractivity contribution in [2.45, 2.75) is 26.8 Å². The molecule has 1 atom stereocenters. The number of carbonyl (C=O) groups is 1. The van der Waals surface area contributed by atoms with Crippen molar-refractivity contribution in [3.63, 3.8) is 0 Å². The molecule has 3 N–H and O–H groups in total. The highest BCUT2D eigenvalue weighted by molar-refractivity contribution is 5.70. The van der Waals surface area contributed by atoms with Crippen LogP contribution in [-0.4, -0.2) is 27.8 Å². The van der Waals surface area contributed by atoms with Crippen LogP contribution in [0, 0.1) is 23.5 Å². The van der Waals surface area contributed by atoms with Gasteiger partial charge in [0.15, 0.2) is 0 Å². The molecule has 0 aliphatic heterocycles. The Bertz CT molecular complexity index is 681. The number of hydrogen-bond donors (Lipinski definition) is 3. The first-order valence-electron chi connectivity index (χ1n) is 7.80. The molecule has 1 aromatic heterocycles. The fraction of sp³-hybridized carbons (Fsp3) is 0.412. The molecule has 0 amide bonds. The van der Waals surface area contributed by atoms with E-state index in [-0.39, 0.29) is 30.3 Å². The summed E-state index contributed by atoms with van der Waals surface area (Å²) >= 11 is 0. The van der Waals surface area contributed by atoms with Crippen molar-refractivity contribution in [1.29, 1.82) is 0 Å². The van der Waals surface area contributed by atoms with Gasteiger partial charge in [0, 0.05) is 18.7 Å². The molecule has 0 saturated heterocycles. The van der Waals surface area contributed by atoms with Crippen LogP contribution < -0.4 is 5.32 Å². The van der Waals surface area contributed by atoms with Crippen LogP contribution in [0.4, 0.5) is 8.78 Å². The molecule has 0 bridgehead atoms. The highest BCUT2D eigenvalue weighted by Crippen LogP contribution is 2.27. The Kier molecular flexibility index (Phi) is 6.03. The van der Waals surface area contributed by atoms with Gasteiger partial charge >= 0.3 is 5.97 Å². The average Bonchev–Trinajstić information content (AvgIpc) is 2.94. The fourth-order valence-electron chi connectivity index (χ4n) is 2.62. The summed E-state index contributed by atoms with van der Waals surface area (Å²) in [5, 5.41) is 18.7. The van der Waals surface area contributed by atoms with E-state index >= 15 is 0 Å². The molecule has 0 saturated carbocycles. The quantitative estimate of drug-likeness (QED) is 0.691. The zero-order chi connectivity index (χ0) is 17.7. The van der Waals surface area contributed by atoms with Crippen LogP contribution in [0.25, 0.3) is 11.3 Å². The number of aliphatic carboxylic acids is 1. The number of hydrogen-bond acceptors (Lipinski definition) is 3. The molecule has 2 rings (SSSR count). The number of carboxylic acid groups (broad SMARTS) is 1. The molecular weight excluding hydrogens is 316 g/mol. The lowest BCUT2D eigenvalue weighted by atomic mass is 9.97. The monoisotopic (exact) mass is 337 g/mol.